The fourth-order valence-corrected chi connectivity index (χ4v) is 3.57. The summed E-state index contributed by atoms with van der Waals surface area (Å²) >= 11 is 8.23. The molecule has 0 aliphatic heterocycles. The van der Waals surface area contributed by atoms with Crippen molar-refractivity contribution in [2.45, 2.75) is 20.1 Å². The number of hydrogen-bond acceptors (Lipinski definition) is 5. The van der Waals surface area contributed by atoms with Crippen LogP contribution in [-0.2, 0) is 0 Å². The summed E-state index contributed by atoms with van der Waals surface area (Å²) in [6, 6.07) is 20.1. The Hall–Kier alpha value is -1.63. The molecule has 3 rings (SSSR count). The van der Waals surface area contributed by atoms with Gasteiger partial charge in [-0.25, -0.2) is 0 Å². The number of nitrogens with zero attached hydrogens (tertiary/aromatic N) is 2. The van der Waals surface area contributed by atoms with Gasteiger partial charge in [0.05, 0.1) is 0 Å². The predicted molar refractivity (Wildman–Crippen MR) is 88.3 cm³/mol. The van der Waals surface area contributed by atoms with Gasteiger partial charge in [0.15, 0.2) is 10.3 Å². The molecule has 0 amide bonds. The van der Waals surface area contributed by atoms with Crippen molar-refractivity contribution >= 4 is 35.7 Å². The topological polar surface area (TPSA) is 41.6 Å². The van der Waals surface area contributed by atoms with Gasteiger partial charge in [0.1, 0.15) is 0 Å². The van der Waals surface area contributed by atoms with Gasteiger partial charge in [-0.2, -0.15) is 9.97 Å². The van der Waals surface area contributed by atoms with Crippen LogP contribution in [0.2, 0.25) is 0 Å². The summed E-state index contributed by atoms with van der Waals surface area (Å²) in [6.45, 7) is 0. The van der Waals surface area contributed by atoms with Crippen molar-refractivity contribution in [3.05, 3.63) is 65.4 Å². The van der Waals surface area contributed by atoms with Crippen molar-refractivity contribution in [2.24, 2.45) is 0 Å². The smallest absolute Gasteiger partial charge is 0.201 e. The zero-order valence-corrected chi connectivity index (χ0v) is 13.3. The minimum Gasteiger partial charge on any atom is -0.310 e. The first-order chi connectivity index (χ1) is 10.3. The zero-order chi connectivity index (χ0) is 14.5. The van der Waals surface area contributed by atoms with Gasteiger partial charge >= 0.3 is 0 Å². The van der Waals surface area contributed by atoms with Crippen molar-refractivity contribution in [2.75, 3.05) is 0 Å². The predicted octanol–water partition coefficient (Wildman–Crippen LogP) is 4.84. The van der Waals surface area contributed by atoms with E-state index < -0.39 is 0 Å². The Kier molecular flexibility index (Phi) is 4.69. The van der Waals surface area contributed by atoms with Crippen LogP contribution in [0.5, 0.6) is 0 Å². The van der Waals surface area contributed by atoms with Crippen molar-refractivity contribution < 1.29 is 0 Å². The molecule has 1 heterocycles. The highest BCUT2D eigenvalue weighted by Crippen LogP contribution is 2.28. The normalized spacial score (nSPS) is 10.5. The van der Waals surface area contributed by atoms with Gasteiger partial charge in [-0.3, -0.25) is 0 Å². The zero-order valence-electron chi connectivity index (χ0n) is 10.9. The lowest BCUT2D eigenvalue weighted by Crippen LogP contribution is -1.94. The van der Waals surface area contributed by atoms with Crippen molar-refractivity contribution in [3.63, 3.8) is 0 Å². The molecule has 0 aliphatic rings. The van der Waals surface area contributed by atoms with E-state index in [0.29, 0.717) is 9.93 Å². The molecule has 1 N–H and O–H groups in total. The Labute approximate surface area is 136 Å². The van der Waals surface area contributed by atoms with E-state index in [9.17, 15) is 0 Å². The second-order valence-corrected chi connectivity index (χ2v) is 6.56. The molecule has 3 aromatic rings. The number of hydrogen-bond donors (Lipinski definition) is 1. The molecule has 21 heavy (non-hydrogen) atoms. The third-order valence-corrected chi connectivity index (χ3v) is 4.48. The van der Waals surface area contributed by atoms with E-state index in [1.165, 1.54) is 23.5 Å². The fourth-order valence-electron chi connectivity index (χ4n) is 1.63. The first-order valence-electron chi connectivity index (χ1n) is 6.24. The Morgan fingerprint density at radius 1 is 0.762 bits per heavy atom. The monoisotopic (exact) mass is 329 g/mol. The molecule has 6 heteroatoms. The number of rotatable bonds is 4. The molecular weight excluding hydrogens is 318 g/mol. The van der Waals surface area contributed by atoms with E-state index in [1.807, 2.05) is 60.7 Å². The van der Waals surface area contributed by atoms with Crippen LogP contribution < -0.4 is 0 Å². The lowest BCUT2D eigenvalue weighted by atomic mass is 10.4. The molecule has 0 saturated carbocycles. The van der Waals surface area contributed by atoms with Crippen molar-refractivity contribution in [1.82, 2.24) is 15.0 Å². The number of nitrogens with one attached hydrogen (secondary N) is 1. The van der Waals surface area contributed by atoms with E-state index in [4.69, 9.17) is 12.2 Å². The first kappa shape index (κ1) is 14.3. The summed E-state index contributed by atoms with van der Waals surface area (Å²) in [7, 11) is 0. The van der Waals surface area contributed by atoms with Crippen molar-refractivity contribution in [3.8, 4) is 0 Å². The van der Waals surface area contributed by atoms with Crippen LogP contribution in [0.25, 0.3) is 0 Å². The van der Waals surface area contributed by atoms with Gasteiger partial charge < -0.3 is 4.98 Å². The first-order valence-corrected chi connectivity index (χ1v) is 8.28. The van der Waals surface area contributed by atoms with Gasteiger partial charge in [0.2, 0.25) is 4.77 Å². The molecule has 0 bridgehead atoms. The number of aromatic amines is 1. The number of H-pyrrole nitrogens is 1. The average molecular weight is 329 g/mol. The maximum Gasteiger partial charge on any atom is 0.201 e. The van der Waals surface area contributed by atoms with Crippen LogP contribution in [0, 0.1) is 4.77 Å². The van der Waals surface area contributed by atoms with Gasteiger partial charge in [-0.1, -0.05) is 48.2 Å². The van der Waals surface area contributed by atoms with Crippen LogP contribution in [-0.4, -0.2) is 15.0 Å². The van der Waals surface area contributed by atoms with E-state index in [0.717, 1.165) is 14.9 Å². The lowest BCUT2D eigenvalue weighted by molar-refractivity contribution is 0.788. The summed E-state index contributed by atoms with van der Waals surface area (Å²) in [5.41, 5.74) is 0. The third-order valence-electron chi connectivity index (χ3n) is 2.52. The second kappa shape index (κ2) is 6.89. The maximum atomic E-state index is 5.19. The highest BCUT2D eigenvalue weighted by molar-refractivity contribution is 7.99. The van der Waals surface area contributed by atoms with Crippen LogP contribution in [0.15, 0.2) is 80.8 Å². The van der Waals surface area contributed by atoms with Crippen LogP contribution in [0.4, 0.5) is 0 Å². The van der Waals surface area contributed by atoms with E-state index in [-0.39, 0.29) is 0 Å². The molecule has 3 nitrogen and oxygen atoms in total. The summed E-state index contributed by atoms with van der Waals surface area (Å²) < 4.78 is 0.446. The Balaban J connectivity index is 1.85. The summed E-state index contributed by atoms with van der Waals surface area (Å²) in [6.07, 6.45) is 0. The van der Waals surface area contributed by atoms with Crippen LogP contribution in [0.3, 0.4) is 0 Å². The molecule has 0 fully saturated rings. The molecule has 0 saturated heterocycles. The van der Waals surface area contributed by atoms with Gasteiger partial charge in [0.25, 0.3) is 0 Å². The Morgan fingerprint density at radius 2 is 1.33 bits per heavy atom. The largest absolute Gasteiger partial charge is 0.310 e. The molecule has 0 aliphatic carbocycles. The van der Waals surface area contributed by atoms with Gasteiger partial charge in [0, 0.05) is 9.79 Å². The SMILES string of the molecule is S=c1nc(Sc2ccccc2)nc(Sc2ccccc2)[nH]1. The van der Waals surface area contributed by atoms with Crippen LogP contribution >= 0.6 is 35.7 Å². The number of aromatic nitrogens is 3. The summed E-state index contributed by atoms with van der Waals surface area (Å²) in [5, 5.41) is 1.41. The molecular formula is C15H11N3S3. The average Bonchev–Trinajstić information content (AvgIpc) is 2.48. The molecule has 0 unspecified atom stereocenters. The van der Waals surface area contributed by atoms with E-state index in [2.05, 4.69) is 15.0 Å². The van der Waals surface area contributed by atoms with Crippen molar-refractivity contribution in [1.29, 1.82) is 0 Å². The second-order valence-electron chi connectivity index (χ2n) is 4.07. The quantitative estimate of drug-likeness (QED) is 0.694. The fraction of sp³-hybridized carbons (Fsp3) is 0. The molecule has 0 atom stereocenters. The molecule has 1 aromatic heterocycles. The van der Waals surface area contributed by atoms with E-state index in [1.54, 1.807) is 0 Å². The lowest BCUT2D eigenvalue weighted by Gasteiger charge is -2.04. The maximum absolute atomic E-state index is 5.19. The summed E-state index contributed by atoms with van der Waals surface area (Å²) in [4.78, 5) is 14.0. The third kappa shape index (κ3) is 4.17. The molecule has 2 aromatic carbocycles. The molecule has 0 spiro atoms. The minimum atomic E-state index is 0.446. The van der Waals surface area contributed by atoms with Crippen LogP contribution in [0.1, 0.15) is 0 Å². The molecule has 0 radical (unpaired) electrons. The standard InChI is InChI=1S/C15H11N3S3/c19-13-16-14(20-11-7-3-1-4-8-11)18-15(17-13)21-12-9-5-2-6-10-12/h1-10H,(H,16,17,18,19). The van der Waals surface area contributed by atoms with E-state index >= 15 is 0 Å². The van der Waals surface area contributed by atoms with Gasteiger partial charge in [-0.15, -0.1) is 0 Å². The Bertz CT molecular complexity index is 710. The Morgan fingerprint density at radius 3 is 1.95 bits per heavy atom. The minimum absolute atomic E-state index is 0.446. The highest BCUT2D eigenvalue weighted by Gasteiger charge is 2.05. The summed E-state index contributed by atoms with van der Waals surface area (Å²) in [5.74, 6) is 0. The number of benzene rings is 2. The molecule has 104 valence electrons. The highest BCUT2D eigenvalue weighted by atomic mass is 32.2. The van der Waals surface area contributed by atoms with Gasteiger partial charge in [-0.05, 0) is 48.2 Å².